The SMILES string of the molecule is COCCN(CCO)Cc1ccc(N2N=C(C(C)(C)C)CC2NC(=O)Nc2ccc(Oc3ccncc3)cc2)cc1. The molecule has 2 amide bonds. The Balaban J connectivity index is 1.40. The van der Waals surface area contributed by atoms with Gasteiger partial charge in [-0.15, -0.1) is 0 Å². The van der Waals surface area contributed by atoms with Gasteiger partial charge in [-0.2, -0.15) is 5.10 Å². The first-order chi connectivity index (χ1) is 19.7. The summed E-state index contributed by atoms with van der Waals surface area (Å²) in [5, 5.41) is 22.2. The third-order valence-corrected chi connectivity index (χ3v) is 6.71. The van der Waals surface area contributed by atoms with E-state index in [4.69, 9.17) is 14.6 Å². The molecule has 2 heterocycles. The molecule has 3 aromatic rings. The Hall–Kier alpha value is -3.99. The van der Waals surface area contributed by atoms with Gasteiger partial charge in [-0.25, -0.2) is 9.80 Å². The van der Waals surface area contributed by atoms with Crippen molar-refractivity contribution >= 4 is 23.1 Å². The van der Waals surface area contributed by atoms with Crippen LogP contribution in [-0.2, 0) is 11.3 Å². The second-order valence-electron chi connectivity index (χ2n) is 10.9. The van der Waals surface area contributed by atoms with Gasteiger partial charge in [0.2, 0.25) is 0 Å². The molecule has 1 unspecified atom stereocenters. The number of aromatic nitrogens is 1. The van der Waals surface area contributed by atoms with E-state index < -0.39 is 0 Å². The van der Waals surface area contributed by atoms with E-state index in [0.717, 1.165) is 23.5 Å². The van der Waals surface area contributed by atoms with E-state index in [0.29, 0.717) is 43.3 Å². The molecule has 0 spiro atoms. The topological polar surface area (TPSA) is 112 Å². The number of aliphatic hydroxyl groups is 1. The van der Waals surface area contributed by atoms with Gasteiger partial charge in [-0.05, 0) is 54.1 Å². The molecule has 1 aromatic heterocycles. The van der Waals surface area contributed by atoms with Gasteiger partial charge >= 0.3 is 6.03 Å². The van der Waals surface area contributed by atoms with Gasteiger partial charge in [0.05, 0.1) is 18.9 Å². The maximum Gasteiger partial charge on any atom is 0.320 e. The van der Waals surface area contributed by atoms with Crippen molar-refractivity contribution in [3.63, 3.8) is 0 Å². The molecule has 1 aliphatic rings. The van der Waals surface area contributed by atoms with Crippen LogP contribution in [0.2, 0.25) is 0 Å². The minimum atomic E-state index is -0.336. The van der Waals surface area contributed by atoms with Crippen LogP contribution >= 0.6 is 0 Å². The molecule has 2 aromatic carbocycles. The van der Waals surface area contributed by atoms with Crippen molar-refractivity contribution in [2.75, 3.05) is 43.7 Å². The van der Waals surface area contributed by atoms with Crippen molar-refractivity contribution in [2.24, 2.45) is 10.5 Å². The number of ether oxygens (including phenoxy) is 2. The van der Waals surface area contributed by atoms with Crippen LogP contribution in [0.15, 0.2) is 78.2 Å². The van der Waals surface area contributed by atoms with Crippen molar-refractivity contribution < 1.29 is 19.4 Å². The molecule has 1 aliphatic heterocycles. The molecule has 0 aliphatic carbocycles. The number of benzene rings is 2. The first-order valence-corrected chi connectivity index (χ1v) is 13.8. The van der Waals surface area contributed by atoms with Gasteiger partial charge in [0, 0.05) is 62.4 Å². The molecular weight excluding hydrogens is 520 g/mol. The van der Waals surface area contributed by atoms with Gasteiger partial charge in [0.1, 0.15) is 17.7 Å². The monoisotopic (exact) mass is 560 g/mol. The number of hydrogen-bond acceptors (Lipinski definition) is 8. The zero-order chi connectivity index (χ0) is 29.2. The predicted octanol–water partition coefficient (Wildman–Crippen LogP) is 5.07. The van der Waals surface area contributed by atoms with Crippen LogP contribution in [0, 0.1) is 5.41 Å². The summed E-state index contributed by atoms with van der Waals surface area (Å²) < 4.78 is 11.0. The Morgan fingerprint density at radius 3 is 2.34 bits per heavy atom. The number of nitrogens with one attached hydrogen (secondary N) is 2. The summed E-state index contributed by atoms with van der Waals surface area (Å²) in [7, 11) is 1.68. The van der Waals surface area contributed by atoms with Gasteiger partial charge < -0.3 is 25.2 Å². The van der Waals surface area contributed by atoms with E-state index in [2.05, 4.69) is 53.4 Å². The van der Waals surface area contributed by atoms with Gasteiger partial charge in [0.25, 0.3) is 0 Å². The third kappa shape index (κ3) is 8.75. The molecule has 3 N–H and O–H groups in total. The van der Waals surface area contributed by atoms with E-state index in [9.17, 15) is 9.90 Å². The van der Waals surface area contributed by atoms with Crippen LogP contribution in [0.4, 0.5) is 16.2 Å². The molecule has 41 heavy (non-hydrogen) atoms. The maximum atomic E-state index is 13.0. The number of methoxy groups -OCH3 is 1. The molecule has 10 nitrogen and oxygen atoms in total. The molecule has 4 rings (SSSR count). The number of anilines is 2. The lowest BCUT2D eigenvalue weighted by molar-refractivity contribution is 0.127. The first kappa shape index (κ1) is 30.0. The molecular formula is C31H40N6O4. The Morgan fingerprint density at radius 2 is 1.71 bits per heavy atom. The molecule has 0 bridgehead atoms. The minimum Gasteiger partial charge on any atom is -0.457 e. The second-order valence-corrected chi connectivity index (χ2v) is 10.9. The minimum absolute atomic E-state index is 0.0960. The van der Waals surface area contributed by atoms with E-state index in [1.807, 2.05) is 17.1 Å². The summed E-state index contributed by atoms with van der Waals surface area (Å²) in [5.74, 6) is 1.35. The highest BCUT2D eigenvalue weighted by Gasteiger charge is 2.34. The number of hydrazone groups is 1. The number of nitrogens with zero attached hydrogens (tertiary/aromatic N) is 4. The zero-order valence-corrected chi connectivity index (χ0v) is 24.2. The van der Waals surface area contributed by atoms with Gasteiger partial charge in [0.15, 0.2) is 0 Å². The number of urea groups is 1. The summed E-state index contributed by atoms with van der Waals surface area (Å²) in [5.41, 5.74) is 3.54. The van der Waals surface area contributed by atoms with E-state index in [-0.39, 0.29) is 24.2 Å². The highest BCUT2D eigenvalue weighted by Crippen LogP contribution is 2.31. The van der Waals surface area contributed by atoms with Gasteiger partial charge in [-0.3, -0.25) is 9.88 Å². The Bertz CT molecular complexity index is 1280. The van der Waals surface area contributed by atoms with Crippen molar-refractivity contribution in [3.8, 4) is 11.5 Å². The quantitative estimate of drug-likeness (QED) is 0.283. The molecule has 1 atom stereocenters. The Kier molecular flexibility index (Phi) is 10.3. The average molecular weight is 561 g/mol. The lowest BCUT2D eigenvalue weighted by Crippen LogP contribution is -2.45. The fourth-order valence-electron chi connectivity index (χ4n) is 4.43. The predicted molar refractivity (Wildman–Crippen MR) is 161 cm³/mol. The summed E-state index contributed by atoms with van der Waals surface area (Å²) in [6.07, 6.45) is 3.61. The summed E-state index contributed by atoms with van der Waals surface area (Å²) in [4.78, 5) is 19.2. The number of aliphatic hydroxyl groups excluding tert-OH is 1. The fourth-order valence-corrected chi connectivity index (χ4v) is 4.43. The number of rotatable bonds is 12. The molecule has 10 heteroatoms. The molecule has 218 valence electrons. The lowest BCUT2D eigenvalue weighted by Gasteiger charge is -2.25. The normalized spacial score (nSPS) is 15.1. The van der Waals surface area contributed by atoms with Crippen LogP contribution in [-0.4, -0.2) is 66.3 Å². The van der Waals surface area contributed by atoms with E-state index in [1.54, 1.807) is 55.9 Å². The smallest absolute Gasteiger partial charge is 0.320 e. The molecule has 0 fully saturated rings. The van der Waals surface area contributed by atoms with Crippen molar-refractivity contribution in [1.29, 1.82) is 0 Å². The van der Waals surface area contributed by atoms with Crippen LogP contribution in [0.3, 0.4) is 0 Å². The third-order valence-electron chi connectivity index (χ3n) is 6.71. The number of carbonyl (C=O) groups is 1. The first-order valence-electron chi connectivity index (χ1n) is 13.8. The van der Waals surface area contributed by atoms with Gasteiger partial charge in [-0.1, -0.05) is 32.9 Å². The largest absolute Gasteiger partial charge is 0.457 e. The zero-order valence-electron chi connectivity index (χ0n) is 24.2. The van der Waals surface area contributed by atoms with Crippen LogP contribution in [0.5, 0.6) is 11.5 Å². The van der Waals surface area contributed by atoms with E-state index in [1.165, 1.54) is 0 Å². The van der Waals surface area contributed by atoms with Crippen molar-refractivity contribution in [1.82, 2.24) is 15.2 Å². The Morgan fingerprint density at radius 1 is 1.02 bits per heavy atom. The average Bonchev–Trinajstić information content (AvgIpc) is 3.38. The number of amides is 2. The Labute approximate surface area is 242 Å². The molecule has 0 radical (unpaired) electrons. The number of carbonyl (C=O) groups excluding carboxylic acids is 1. The molecule has 0 saturated carbocycles. The summed E-state index contributed by atoms with van der Waals surface area (Å²) >= 11 is 0. The summed E-state index contributed by atoms with van der Waals surface area (Å²) in [6.45, 7) is 9.11. The maximum absolute atomic E-state index is 13.0. The second kappa shape index (κ2) is 14.1. The standard InChI is InChI=1S/C31H40N6O4/c1-31(2,3)28-21-29(34-30(39)33-24-7-11-26(12-8-24)41-27-13-15-32-16-14-27)37(35-28)25-9-5-23(6-10-25)22-36(17-19-38)18-20-40-4/h5-16,29,38H,17-22H2,1-4H3,(H2,33,34,39). The van der Waals surface area contributed by atoms with Crippen molar-refractivity contribution in [2.45, 2.75) is 39.9 Å². The lowest BCUT2D eigenvalue weighted by atomic mass is 9.88. The fraction of sp³-hybridized carbons (Fsp3) is 0.387. The number of hydrogen-bond donors (Lipinski definition) is 3. The highest BCUT2D eigenvalue weighted by atomic mass is 16.5. The van der Waals surface area contributed by atoms with E-state index >= 15 is 0 Å². The van der Waals surface area contributed by atoms with Crippen LogP contribution < -0.4 is 20.4 Å². The van der Waals surface area contributed by atoms with Crippen molar-refractivity contribution in [3.05, 3.63) is 78.6 Å². The van der Waals surface area contributed by atoms with Crippen LogP contribution in [0.25, 0.3) is 0 Å². The summed E-state index contributed by atoms with van der Waals surface area (Å²) in [6, 6.07) is 18.6. The highest BCUT2D eigenvalue weighted by molar-refractivity contribution is 5.95. The molecule has 0 saturated heterocycles. The number of pyridine rings is 1. The van der Waals surface area contributed by atoms with Crippen LogP contribution in [0.1, 0.15) is 32.8 Å².